The van der Waals surface area contributed by atoms with Crippen molar-refractivity contribution in [3.05, 3.63) is 54.6 Å². The fourth-order valence-corrected chi connectivity index (χ4v) is 4.28. The van der Waals surface area contributed by atoms with Gasteiger partial charge in [-0.25, -0.2) is 8.42 Å². The third-order valence-electron chi connectivity index (χ3n) is 5.05. The fourth-order valence-electron chi connectivity index (χ4n) is 3.43. The molecule has 0 spiro atoms. The van der Waals surface area contributed by atoms with Gasteiger partial charge in [0.25, 0.3) is 0 Å². The molecule has 0 aromatic heterocycles. The van der Waals surface area contributed by atoms with Gasteiger partial charge < -0.3 is 9.64 Å². The third kappa shape index (κ3) is 5.04. The number of hydrogen-bond acceptors (Lipinski definition) is 4. The zero-order valence-electron chi connectivity index (χ0n) is 16.2. The average Bonchev–Trinajstić information content (AvgIpc) is 3.21. The van der Waals surface area contributed by atoms with E-state index in [1.54, 1.807) is 36.2 Å². The van der Waals surface area contributed by atoms with Crippen molar-refractivity contribution in [1.29, 1.82) is 0 Å². The van der Waals surface area contributed by atoms with Crippen LogP contribution in [0, 0.1) is 0 Å². The number of benzene rings is 2. The zero-order valence-corrected chi connectivity index (χ0v) is 17.1. The fraction of sp³-hybridized carbons (Fsp3) is 0.381. The number of carbonyl (C=O) groups is 1. The lowest BCUT2D eigenvalue weighted by molar-refractivity contribution is -0.130. The minimum absolute atomic E-state index is 0.193. The quantitative estimate of drug-likeness (QED) is 0.709. The first-order chi connectivity index (χ1) is 13.3. The molecule has 3 rings (SSSR count). The lowest BCUT2D eigenvalue weighted by atomic mass is 10.2. The highest BCUT2D eigenvalue weighted by Crippen LogP contribution is 2.26. The number of rotatable bonds is 7. The summed E-state index contributed by atoms with van der Waals surface area (Å²) >= 11 is 0. The summed E-state index contributed by atoms with van der Waals surface area (Å²) in [5.41, 5.74) is 0.441. The van der Waals surface area contributed by atoms with E-state index in [9.17, 15) is 13.2 Å². The molecule has 7 heteroatoms. The molecule has 0 atom stereocenters. The summed E-state index contributed by atoms with van der Waals surface area (Å²) in [5, 5.41) is 0. The highest BCUT2D eigenvalue weighted by Gasteiger charge is 2.27. The van der Waals surface area contributed by atoms with Gasteiger partial charge in [0.1, 0.15) is 18.0 Å². The molecule has 1 fully saturated rings. The van der Waals surface area contributed by atoms with Crippen LogP contribution in [0.1, 0.15) is 25.7 Å². The van der Waals surface area contributed by atoms with Crippen LogP contribution >= 0.6 is 0 Å². The zero-order chi connectivity index (χ0) is 20.1. The molecule has 2 aromatic rings. The summed E-state index contributed by atoms with van der Waals surface area (Å²) < 4.78 is 31.5. The Labute approximate surface area is 166 Å². The van der Waals surface area contributed by atoms with Gasteiger partial charge in [0, 0.05) is 13.1 Å². The van der Waals surface area contributed by atoms with Gasteiger partial charge in [0.15, 0.2) is 0 Å². The van der Waals surface area contributed by atoms with E-state index >= 15 is 0 Å². The van der Waals surface area contributed by atoms with Crippen molar-refractivity contribution in [1.82, 2.24) is 4.90 Å². The second kappa shape index (κ2) is 8.65. The van der Waals surface area contributed by atoms with Crippen LogP contribution in [-0.2, 0) is 14.8 Å². The number of likely N-dealkylation sites (N-methyl/N-ethyl adjacent to an activating group) is 1. The molecule has 6 nitrogen and oxygen atoms in total. The van der Waals surface area contributed by atoms with Crippen molar-refractivity contribution in [3.63, 3.8) is 0 Å². The Morgan fingerprint density at radius 2 is 1.57 bits per heavy atom. The maximum absolute atomic E-state index is 12.7. The summed E-state index contributed by atoms with van der Waals surface area (Å²) in [6, 6.07) is 16.3. The second-order valence-electron chi connectivity index (χ2n) is 7.12. The highest BCUT2D eigenvalue weighted by molar-refractivity contribution is 7.92. The molecule has 0 radical (unpaired) electrons. The van der Waals surface area contributed by atoms with Crippen molar-refractivity contribution in [2.75, 3.05) is 24.2 Å². The number of carbonyl (C=O) groups excluding carboxylic acids is 1. The van der Waals surface area contributed by atoms with E-state index in [0.29, 0.717) is 17.2 Å². The Balaban J connectivity index is 1.73. The maximum Gasteiger partial charge on any atom is 0.243 e. The molecule has 0 bridgehead atoms. The van der Waals surface area contributed by atoms with Crippen LogP contribution in [-0.4, -0.2) is 45.1 Å². The van der Waals surface area contributed by atoms with Gasteiger partial charge in [-0.15, -0.1) is 0 Å². The first-order valence-electron chi connectivity index (χ1n) is 9.41. The lowest BCUT2D eigenvalue weighted by Gasteiger charge is -2.28. The summed E-state index contributed by atoms with van der Waals surface area (Å²) in [6.07, 6.45) is 5.30. The predicted octanol–water partition coefficient (Wildman–Crippen LogP) is 3.65. The van der Waals surface area contributed by atoms with Gasteiger partial charge in [-0.05, 0) is 49.2 Å². The Hall–Kier alpha value is -2.54. The molecule has 1 aliphatic rings. The molecular weight excluding hydrogens is 376 g/mol. The van der Waals surface area contributed by atoms with Crippen LogP contribution in [0.25, 0.3) is 0 Å². The Kier molecular flexibility index (Phi) is 6.24. The van der Waals surface area contributed by atoms with Crippen LogP contribution in [0.2, 0.25) is 0 Å². The highest BCUT2D eigenvalue weighted by atomic mass is 32.2. The maximum atomic E-state index is 12.7. The van der Waals surface area contributed by atoms with Crippen LogP contribution in [0.15, 0.2) is 54.6 Å². The summed E-state index contributed by atoms with van der Waals surface area (Å²) in [7, 11) is -1.84. The standard InChI is InChI=1S/C21H26N2O4S/c1-22(17-8-6-7-9-17)21(24)16-23(28(2,25)26)18-12-14-20(15-13-18)27-19-10-4-3-5-11-19/h3-5,10-15,17H,6-9,16H2,1-2H3. The monoisotopic (exact) mass is 402 g/mol. The molecule has 150 valence electrons. The Morgan fingerprint density at radius 3 is 2.14 bits per heavy atom. The number of ether oxygens (including phenoxy) is 1. The van der Waals surface area contributed by atoms with Gasteiger partial charge in [0.05, 0.1) is 11.9 Å². The predicted molar refractivity (Wildman–Crippen MR) is 110 cm³/mol. The largest absolute Gasteiger partial charge is 0.457 e. The first-order valence-corrected chi connectivity index (χ1v) is 11.3. The van der Waals surface area contributed by atoms with E-state index in [1.165, 1.54) is 0 Å². The Morgan fingerprint density at radius 1 is 1.00 bits per heavy atom. The number of sulfonamides is 1. The second-order valence-corrected chi connectivity index (χ2v) is 9.03. The summed E-state index contributed by atoms with van der Waals surface area (Å²) in [5.74, 6) is 1.10. The van der Waals surface area contributed by atoms with Crippen LogP contribution in [0.4, 0.5) is 5.69 Å². The average molecular weight is 403 g/mol. The first kappa shape index (κ1) is 20.2. The van der Waals surface area contributed by atoms with Crippen molar-refractivity contribution >= 4 is 21.6 Å². The third-order valence-corrected chi connectivity index (χ3v) is 6.19. The molecule has 1 amide bonds. The minimum atomic E-state index is -3.60. The van der Waals surface area contributed by atoms with Crippen LogP contribution < -0.4 is 9.04 Å². The van der Waals surface area contributed by atoms with Gasteiger partial charge >= 0.3 is 0 Å². The van der Waals surface area contributed by atoms with Crippen LogP contribution in [0.5, 0.6) is 11.5 Å². The summed E-state index contributed by atoms with van der Waals surface area (Å²) in [4.78, 5) is 14.4. The normalized spacial score (nSPS) is 14.6. The van der Waals surface area contributed by atoms with E-state index in [2.05, 4.69) is 0 Å². The van der Waals surface area contributed by atoms with Gasteiger partial charge in [-0.2, -0.15) is 0 Å². The van der Waals surface area contributed by atoms with Crippen molar-refractivity contribution < 1.29 is 17.9 Å². The van der Waals surface area contributed by atoms with E-state index in [4.69, 9.17) is 4.74 Å². The van der Waals surface area contributed by atoms with E-state index in [1.807, 2.05) is 30.3 Å². The molecule has 0 saturated heterocycles. The smallest absolute Gasteiger partial charge is 0.243 e. The van der Waals surface area contributed by atoms with Crippen molar-refractivity contribution in [2.24, 2.45) is 0 Å². The van der Waals surface area contributed by atoms with Crippen molar-refractivity contribution in [2.45, 2.75) is 31.7 Å². The Bertz CT molecular complexity index is 892. The van der Waals surface area contributed by atoms with Crippen LogP contribution in [0.3, 0.4) is 0 Å². The van der Waals surface area contributed by atoms with E-state index < -0.39 is 10.0 Å². The molecular formula is C21H26N2O4S. The molecule has 0 N–H and O–H groups in total. The summed E-state index contributed by atoms with van der Waals surface area (Å²) in [6.45, 7) is -0.204. The minimum Gasteiger partial charge on any atom is -0.457 e. The molecule has 0 heterocycles. The number of anilines is 1. The molecule has 2 aromatic carbocycles. The number of hydrogen-bond donors (Lipinski definition) is 0. The molecule has 0 aliphatic heterocycles. The van der Waals surface area contributed by atoms with E-state index in [-0.39, 0.29) is 18.5 Å². The van der Waals surface area contributed by atoms with Gasteiger partial charge in [-0.3, -0.25) is 9.10 Å². The van der Waals surface area contributed by atoms with E-state index in [0.717, 1.165) is 36.2 Å². The number of para-hydroxylation sites is 1. The number of amides is 1. The molecule has 1 saturated carbocycles. The molecule has 1 aliphatic carbocycles. The van der Waals surface area contributed by atoms with Gasteiger partial charge in [-0.1, -0.05) is 31.0 Å². The lowest BCUT2D eigenvalue weighted by Crippen LogP contribution is -2.44. The topological polar surface area (TPSA) is 66.9 Å². The number of nitrogens with zero attached hydrogens (tertiary/aromatic N) is 2. The SMILES string of the molecule is CN(C(=O)CN(c1ccc(Oc2ccccc2)cc1)S(C)(=O)=O)C1CCCC1. The molecule has 0 unspecified atom stereocenters. The van der Waals surface area contributed by atoms with Gasteiger partial charge in [0.2, 0.25) is 15.9 Å². The molecule has 28 heavy (non-hydrogen) atoms. The van der Waals surface area contributed by atoms with Crippen molar-refractivity contribution in [3.8, 4) is 11.5 Å².